The van der Waals surface area contributed by atoms with E-state index in [9.17, 15) is 4.79 Å². The summed E-state index contributed by atoms with van der Waals surface area (Å²) in [6.07, 6.45) is 3.99. The Morgan fingerprint density at radius 1 is 0.943 bits per heavy atom. The number of rotatable bonds is 8. The molecular formula is C27H29N5OS2. The number of aryl methyl sites for hydroxylation is 2. The Bertz CT molecular complexity index is 1280. The highest BCUT2D eigenvalue weighted by molar-refractivity contribution is 7.99. The van der Waals surface area contributed by atoms with Crippen LogP contribution in [0.15, 0.2) is 76.7 Å². The topological polar surface area (TPSA) is 73.9 Å². The molecule has 0 saturated heterocycles. The predicted molar refractivity (Wildman–Crippen MR) is 146 cm³/mol. The molecule has 0 aliphatic carbocycles. The molecule has 0 aliphatic rings. The second kappa shape index (κ2) is 11.5. The number of urea groups is 1. The number of aromatic amines is 1. The number of carbonyl (C=O) groups excluding carboxylic acids is 1. The number of anilines is 1. The minimum absolute atomic E-state index is 0.161. The molecule has 0 saturated carbocycles. The van der Waals surface area contributed by atoms with E-state index in [2.05, 4.69) is 26.6 Å². The Kier molecular flexibility index (Phi) is 8.15. The summed E-state index contributed by atoms with van der Waals surface area (Å²) in [7, 11) is 0. The van der Waals surface area contributed by atoms with Gasteiger partial charge in [-0.1, -0.05) is 48.5 Å². The molecule has 8 heteroatoms. The lowest BCUT2D eigenvalue weighted by Crippen LogP contribution is -2.34. The maximum absolute atomic E-state index is 13.7. The van der Waals surface area contributed by atoms with Gasteiger partial charge in [-0.3, -0.25) is 5.10 Å². The van der Waals surface area contributed by atoms with Gasteiger partial charge in [-0.25, -0.2) is 9.78 Å². The summed E-state index contributed by atoms with van der Waals surface area (Å²) >= 11 is 3.14. The molecule has 0 fully saturated rings. The van der Waals surface area contributed by atoms with Gasteiger partial charge < -0.3 is 10.2 Å². The first kappa shape index (κ1) is 24.9. The Hall–Kier alpha value is -3.23. The van der Waals surface area contributed by atoms with E-state index in [0.717, 1.165) is 49.4 Å². The number of carbonyl (C=O) groups is 1. The van der Waals surface area contributed by atoms with E-state index in [0.29, 0.717) is 13.1 Å². The van der Waals surface area contributed by atoms with Crippen molar-refractivity contribution in [2.75, 3.05) is 17.8 Å². The Labute approximate surface area is 214 Å². The molecule has 0 unspecified atom stereocenters. The van der Waals surface area contributed by atoms with Gasteiger partial charge in [0.1, 0.15) is 5.03 Å². The third-order valence-electron chi connectivity index (χ3n) is 5.53. The molecule has 0 radical (unpaired) electrons. The lowest BCUT2D eigenvalue weighted by Gasteiger charge is -2.25. The van der Waals surface area contributed by atoms with Gasteiger partial charge in [0, 0.05) is 34.9 Å². The van der Waals surface area contributed by atoms with Crippen molar-refractivity contribution in [2.24, 2.45) is 0 Å². The van der Waals surface area contributed by atoms with E-state index in [1.165, 1.54) is 11.8 Å². The first-order valence-corrected chi connectivity index (χ1v) is 13.7. The highest BCUT2D eigenvalue weighted by Crippen LogP contribution is 2.34. The quantitative estimate of drug-likeness (QED) is 0.260. The molecule has 4 rings (SSSR count). The summed E-state index contributed by atoms with van der Waals surface area (Å²) in [6, 6.07) is 22.1. The zero-order valence-electron chi connectivity index (χ0n) is 20.3. The van der Waals surface area contributed by atoms with Crippen molar-refractivity contribution in [1.82, 2.24) is 20.1 Å². The van der Waals surface area contributed by atoms with Crippen LogP contribution < -0.4 is 5.32 Å². The van der Waals surface area contributed by atoms with E-state index in [-0.39, 0.29) is 6.03 Å². The minimum atomic E-state index is -0.161. The van der Waals surface area contributed by atoms with Crippen LogP contribution in [-0.2, 0) is 13.1 Å². The fourth-order valence-electron chi connectivity index (χ4n) is 3.84. The van der Waals surface area contributed by atoms with Gasteiger partial charge in [0.15, 0.2) is 0 Å². The molecule has 2 heterocycles. The van der Waals surface area contributed by atoms with Crippen molar-refractivity contribution in [1.29, 1.82) is 0 Å². The monoisotopic (exact) mass is 503 g/mol. The van der Waals surface area contributed by atoms with E-state index in [4.69, 9.17) is 0 Å². The molecule has 0 bridgehead atoms. The van der Waals surface area contributed by atoms with Crippen LogP contribution in [0.2, 0.25) is 0 Å². The van der Waals surface area contributed by atoms with Crippen molar-refractivity contribution < 1.29 is 4.79 Å². The molecule has 2 N–H and O–H groups in total. The molecular weight excluding hydrogens is 474 g/mol. The van der Waals surface area contributed by atoms with E-state index >= 15 is 0 Å². The fourth-order valence-corrected chi connectivity index (χ4v) is 5.15. The molecule has 2 aromatic heterocycles. The number of nitrogens with one attached hydrogen (secondary N) is 2. The zero-order valence-corrected chi connectivity index (χ0v) is 22.0. The van der Waals surface area contributed by atoms with Gasteiger partial charge in [0.25, 0.3) is 0 Å². The standard InChI is InChI=1S/C27H29N5OS2/c1-18-14-24(34-3)25(26(28-18)35-4)29-27(33)32(16-20-9-6-5-7-10-20)17-21-11-8-12-22(15-21)23-13-19(2)30-31-23/h5-15H,16-17H2,1-4H3,(H,29,33)(H,30,31). The molecule has 180 valence electrons. The van der Waals surface area contributed by atoms with Crippen LogP contribution in [-0.4, -0.2) is 38.6 Å². The number of H-pyrrole nitrogens is 1. The lowest BCUT2D eigenvalue weighted by molar-refractivity contribution is 0.206. The highest BCUT2D eigenvalue weighted by atomic mass is 32.2. The largest absolute Gasteiger partial charge is 0.322 e. The number of aromatic nitrogens is 3. The van der Waals surface area contributed by atoms with Crippen molar-refractivity contribution in [3.63, 3.8) is 0 Å². The van der Waals surface area contributed by atoms with Crippen LogP contribution in [0.1, 0.15) is 22.5 Å². The predicted octanol–water partition coefficient (Wildman–Crippen LogP) is 6.77. The van der Waals surface area contributed by atoms with Crippen LogP contribution in [0.3, 0.4) is 0 Å². The number of benzene rings is 2. The maximum atomic E-state index is 13.7. The van der Waals surface area contributed by atoms with Crippen molar-refractivity contribution in [3.05, 3.63) is 89.2 Å². The van der Waals surface area contributed by atoms with Gasteiger partial charge in [0.05, 0.1) is 11.4 Å². The first-order valence-electron chi connectivity index (χ1n) is 11.3. The molecule has 2 amide bonds. The first-order chi connectivity index (χ1) is 17.0. The van der Waals surface area contributed by atoms with Gasteiger partial charge in [-0.05, 0) is 55.7 Å². The Morgan fingerprint density at radius 2 is 1.69 bits per heavy atom. The van der Waals surface area contributed by atoms with Gasteiger partial charge >= 0.3 is 6.03 Å². The van der Waals surface area contributed by atoms with Gasteiger partial charge in [-0.15, -0.1) is 23.5 Å². The van der Waals surface area contributed by atoms with E-state index < -0.39 is 0 Å². The second-order valence-corrected chi connectivity index (χ2v) is 9.90. The van der Waals surface area contributed by atoms with Gasteiger partial charge in [0.2, 0.25) is 0 Å². The molecule has 0 atom stereocenters. The number of pyridine rings is 1. The van der Waals surface area contributed by atoms with Crippen LogP contribution in [0.4, 0.5) is 10.5 Å². The smallest absolute Gasteiger partial charge is 0.316 e. The Morgan fingerprint density at radius 3 is 2.37 bits per heavy atom. The van der Waals surface area contributed by atoms with Crippen LogP contribution >= 0.6 is 23.5 Å². The maximum Gasteiger partial charge on any atom is 0.322 e. The molecule has 2 aromatic carbocycles. The number of hydrogen-bond donors (Lipinski definition) is 2. The third-order valence-corrected chi connectivity index (χ3v) is 6.97. The van der Waals surface area contributed by atoms with Crippen LogP contribution in [0, 0.1) is 13.8 Å². The molecule has 6 nitrogen and oxygen atoms in total. The van der Waals surface area contributed by atoms with Crippen molar-refractivity contribution >= 4 is 35.2 Å². The summed E-state index contributed by atoms with van der Waals surface area (Å²) in [5, 5.41) is 11.4. The fraction of sp³-hybridized carbons (Fsp3) is 0.222. The highest BCUT2D eigenvalue weighted by Gasteiger charge is 2.20. The number of hydrogen-bond acceptors (Lipinski definition) is 5. The second-order valence-electron chi connectivity index (χ2n) is 8.26. The Balaban J connectivity index is 1.63. The van der Waals surface area contributed by atoms with Crippen LogP contribution in [0.25, 0.3) is 11.3 Å². The summed E-state index contributed by atoms with van der Waals surface area (Å²) in [4.78, 5) is 21.1. The number of nitrogens with zero attached hydrogens (tertiary/aromatic N) is 3. The molecule has 0 aliphatic heterocycles. The number of amides is 2. The van der Waals surface area contributed by atoms with E-state index in [1.807, 2.05) is 91.9 Å². The van der Waals surface area contributed by atoms with Gasteiger partial charge in [-0.2, -0.15) is 5.10 Å². The average Bonchev–Trinajstić information content (AvgIpc) is 3.31. The van der Waals surface area contributed by atoms with Crippen molar-refractivity contribution in [2.45, 2.75) is 36.9 Å². The SMILES string of the molecule is CSc1cc(C)nc(SC)c1NC(=O)N(Cc1ccccc1)Cc1cccc(-c2cc(C)[nH]n2)c1. The summed E-state index contributed by atoms with van der Waals surface area (Å²) in [5.74, 6) is 0. The summed E-state index contributed by atoms with van der Waals surface area (Å²) in [6.45, 7) is 4.90. The summed E-state index contributed by atoms with van der Waals surface area (Å²) in [5.41, 5.74) is 6.72. The molecule has 35 heavy (non-hydrogen) atoms. The minimum Gasteiger partial charge on any atom is -0.316 e. The third kappa shape index (κ3) is 6.26. The molecule has 4 aromatic rings. The van der Waals surface area contributed by atoms with Crippen LogP contribution in [0.5, 0.6) is 0 Å². The average molecular weight is 504 g/mol. The summed E-state index contributed by atoms with van der Waals surface area (Å²) < 4.78 is 0. The number of thioether (sulfide) groups is 2. The van der Waals surface area contributed by atoms with E-state index in [1.54, 1.807) is 11.8 Å². The van der Waals surface area contributed by atoms with Crippen molar-refractivity contribution in [3.8, 4) is 11.3 Å². The molecule has 0 spiro atoms. The zero-order chi connectivity index (χ0) is 24.8. The normalized spacial score (nSPS) is 10.9. The lowest BCUT2D eigenvalue weighted by atomic mass is 10.1.